The first-order valence-electron chi connectivity index (χ1n) is 6.61. The molecule has 90 valence electrons. The summed E-state index contributed by atoms with van der Waals surface area (Å²) in [6, 6.07) is 0. The van der Waals surface area contributed by atoms with Crippen LogP contribution >= 0.6 is 0 Å². The summed E-state index contributed by atoms with van der Waals surface area (Å²) in [5, 5.41) is 3.39. The first-order valence-corrected chi connectivity index (χ1v) is 6.61. The van der Waals surface area contributed by atoms with Crippen LogP contribution in [0.15, 0.2) is 12.3 Å². The summed E-state index contributed by atoms with van der Waals surface area (Å²) in [5.74, 6) is 0.564. The number of hydrogen-bond acceptors (Lipinski definition) is 1. The highest BCUT2D eigenvalue weighted by atomic mass is 14.9. The molecule has 0 aliphatic carbocycles. The Kier molecular flexibility index (Phi) is 9.76. The van der Waals surface area contributed by atoms with Crippen molar-refractivity contribution in [3.05, 3.63) is 12.3 Å². The summed E-state index contributed by atoms with van der Waals surface area (Å²) in [4.78, 5) is 0. The second kappa shape index (κ2) is 10.1. The average molecular weight is 211 g/mol. The third-order valence-electron chi connectivity index (χ3n) is 2.83. The Labute approximate surface area is 96.3 Å². The lowest BCUT2D eigenvalue weighted by Gasteiger charge is -2.12. The summed E-state index contributed by atoms with van der Waals surface area (Å²) < 4.78 is 0. The molecule has 1 heteroatoms. The van der Waals surface area contributed by atoms with Crippen molar-refractivity contribution in [1.29, 1.82) is 0 Å². The molecule has 1 N–H and O–H groups in total. The van der Waals surface area contributed by atoms with Gasteiger partial charge in [0.05, 0.1) is 0 Å². The van der Waals surface area contributed by atoms with E-state index in [0.29, 0.717) is 5.92 Å². The molecule has 0 amide bonds. The molecule has 0 aromatic carbocycles. The van der Waals surface area contributed by atoms with Crippen LogP contribution in [0, 0.1) is 5.92 Å². The number of allylic oxidation sites excluding steroid dienone is 1. The molecule has 0 saturated heterocycles. The molecule has 0 aromatic heterocycles. The van der Waals surface area contributed by atoms with Crippen molar-refractivity contribution in [2.24, 2.45) is 5.92 Å². The van der Waals surface area contributed by atoms with Gasteiger partial charge < -0.3 is 5.32 Å². The maximum absolute atomic E-state index is 4.00. The minimum Gasteiger partial charge on any atom is -0.389 e. The van der Waals surface area contributed by atoms with Crippen LogP contribution in [0.5, 0.6) is 0 Å². The smallest absolute Gasteiger partial charge is 0.0143 e. The van der Waals surface area contributed by atoms with E-state index in [9.17, 15) is 0 Å². The maximum atomic E-state index is 4.00. The molecule has 0 unspecified atom stereocenters. The van der Waals surface area contributed by atoms with E-state index >= 15 is 0 Å². The van der Waals surface area contributed by atoms with Crippen molar-refractivity contribution in [1.82, 2.24) is 5.32 Å². The molecular formula is C14H29N. The molecule has 0 aromatic rings. The van der Waals surface area contributed by atoms with Gasteiger partial charge in [-0.05, 0) is 12.3 Å². The molecule has 1 nitrogen and oxygen atoms in total. The first kappa shape index (κ1) is 14.5. The quantitative estimate of drug-likeness (QED) is 0.525. The second-order valence-electron chi connectivity index (χ2n) is 4.73. The van der Waals surface area contributed by atoms with Gasteiger partial charge >= 0.3 is 0 Å². The van der Waals surface area contributed by atoms with E-state index in [1.54, 1.807) is 0 Å². The van der Waals surface area contributed by atoms with E-state index in [1.165, 1.54) is 50.6 Å². The zero-order valence-electron chi connectivity index (χ0n) is 10.9. The average Bonchev–Trinajstić information content (AvgIpc) is 2.21. The summed E-state index contributed by atoms with van der Waals surface area (Å²) in [6.07, 6.45) is 9.63. The topological polar surface area (TPSA) is 12.0 Å². The van der Waals surface area contributed by atoms with Gasteiger partial charge in [-0.25, -0.2) is 0 Å². The van der Waals surface area contributed by atoms with E-state index in [4.69, 9.17) is 0 Å². The SMILES string of the molecule is C=C(NCCCCCCCCC)C(C)C. The molecule has 0 saturated carbocycles. The van der Waals surface area contributed by atoms with Crippen LogP contribution in [0.2, 0.25) is 0 Å². The van der Waals surface area contributed by atoms with Gasteiger partial charge in [0.1, 0.15) is 0 Å². The highest BCUT2D eigenvalue weighted by Crippen LogP contribution is 2.07. The highest BCUT2D eigenvalue weighted by Gasteiger charge is 1.97. The van der Waals surface area contributed by atoms with Crippen LogP contribution in [0.3, 0.4) is 0 Å². The number of hydrogen-bond donors (Lipinski definition) is 1. The molecule has 0 heterocycles. The number of rotatable bonds is 10. The van der Waals surface area contributed by atoms with Gasteiger partial charge in [-0.15, -0.1) is 0 Å². The van der Waals surface area contributed by atoms with Gasteiger partial charge in [-0.1, -0.05) is 65.9 Å². The Morgan fingerprint density at radius 2 is 1.53 bits per heavy atom. The van der Waals surface area contributed by atoms with E-state index in [2.05, 4.69) is 32.7 Å². The third-order valence-corrected chi connectivity index (χ3v) is 2.83. The van der Waals surface area contributed by atoms with Crippen molar-refractivity contribution < 1.29 is 0 Å². The third kappa shape index (κ3) is 9.84. The minimum absolute atomic E-state index is 0.564. The highest BCUT2D eigenvalue weighted by molar-refractivity contribution is 4.93. The van der Waals surface area contributed by atoms with Gasteiger partial charge in [0, 0.05) is 12.2 Å². The van der Waals surface area contributed by atoms with Crippen molar-refractivity contribution in [3.63, 3.8) is 0 Å². The zero-order chi connectivity index (χ0) is 11.5. The maximum Gasteiger partial charge on any atom is 0.0143 e. The van der Waals surface area contributed by atoms with Gasteiger partial charge in [0.15, 0.2) is 0 Å². The van der Waals surface area contributed by atoms with Crippen LogP contribution in [0.4, 0.5) is 0 Å². The Balaban J connectivity index is 3.08. The van der Waals surface area contributed by atoms with Gasteiger partial charge in [-0.3, -0.25) is 0 Å². The molecule has 15 heavy (non-hydrogen) atoms. The second-order valence-corrected chi connectivity index (χ2v) is 4.73. The molecular weight excluding hydrogens is 182 g/mol. The fourth-order valence-corrected chi connectivity index (χ4v) is 1.54. The lowest BCUT2D eigenvalue weighted by atomic mass is 10.1. The Bertz CT molecular complexity index is 149. The molecule has 0 atom stereocenters. The molecule has 0 fully saturated rings. The molecule has 0 radical (unpaired) electrons. The lowest BCUT2D eigenvalue weighted by Crippen LogP contribution is -2.17. The molecule has 0 aliphatic heterocycles. The number of unbranched alkanes of at least 4 members (excludes halogenated alkanes) is 6. The summed E-state index contributed by atoms with van der Waals surface area (Å²) in [6.45, 7) is 11.7. The van der Waals surface area contributed by atoms with E-state index in [1.807, 2.05) is 0 Å². The summed E-state index contributed by atoms with van der Waals surface area (Å²) in [5.41, 5.74) is 1.18. The first-order chi connectivity index (χ1) is 7.18. The van der Waals surface area contributed by atoms with Crippen LogP contribution < -0.4 is 5.32 Å². The largest absolute Gasteiger partial charge is 0.389 e. The summed E-state index contributed by atoms with van der Waals surface area (Å²) >= 11 is 0. The minimum atomic E-state index is 0.564. The number of nitrogens with one attached hydrogen (secondary N) is 1. The Morgan fingerprint density at radius 1 is 1.00 bits per heavy atom. The van der Waals surface area contributed by atoms with Gasteiger partial charge in [-0.2, -0.15) is 0 Å². The van der Waals surface area contributed by atoms with Crippen LogP contribution in [0.25, 0.3) is 0 Å². The normalized spacial score (nSPS) is 10.7. The Morgan fingerprint density at radius 3 is 2.07 bits per heavy atom. The molecule has 0 bridgehead atoms. The lowest BCUT2D eigenvalue weighted by molar-refractivity contribution is 0.566. The van der Waals surface area contributed by atoms with Crippen molar-refractivity contribution in [2.45, 2.75) is 65.7 Å². The predicted molar refractivity (Wildman–Crippen MR) is 70.0 cm³/mol. The van der Waals surface area contributed by atoms with Crippen LogP contribution in [-0.4, -0.2) is 6.54 Å². The molecule has 0 aliphatic rings. The van der Waals surface area contributed by atoms with Crippen molar-refractivity contribution >= 4 is 0 Å². The van der Waals surface area contributed by atoms with Crippen molar-refractivity contribution in [3.8, 4) is 0 Å². The van der Waals surface area contributed by atoms with Crippen molar-refractivity contribution in [2.75, 3.05) is 6.54 Å². The fourth-order valence-electron chi connectivity index (χ4n) is 1.54. The zero-order valence-corrected chi connectivity index (χ0v) is 10.9. The Hall–Kier alpha value is -0.460. The van der Waals surface area contributed by atoms with Crippen LogP contribution in [-0.2, 0) is 0 Å². The predicted octanol–water partition coefficient (Wildman–Crippen LogP) is 4.50. The van der Waals surface area contributed by atoms with E-state index < -0.39 is 0 Å². The molecule has 0 spiro atoms. The standard InChI is InChI=1S/C14H29N/c1-5-6-7-8-9-10-11-12-15-14(4)13(2)3/h13,15H,4-12H2,1-3H3. The van der Waals surface area contributed by atoms with Crippen LogP contribution in [0.1, 0.15) is 65.7 Å². The van der Waals surface area contributed by atoms with E-state index in [0.717, 1.165) is 6.54 Å². The van der Waals surface area contributed by atoms with Gasteiger partial charge in [0.25, 0.3) is 0 Å². The van der Waals surface area contributed by atoms with E-state index in [-0.39, 0.29) is 0 Å². The van der Waals surface area contributed by atoms with Gasteiger partial charge in [0.2, 0.25) is 0 Å². The summed E-state index contributed by atoms with van der Waals surface area (Å²) in [7, 11) is 0. The monoisotopic (exact) mass is 211 g/mol. The molecule has 0 rings (SSSR count). The fraction of sp³-hybridized carbons (Fsp3) is 0.857.